The molecule has 0 saturated heterocycles. The number of carbonyl (C=O) groups excluding carboxylic acids is 3. The summed E-state index contributed by atoms with van der Waals surface area (Å²) in [6.07, 6.45) is 0. The van der Waals surface area contributed by atoms with Crippen molar-refractivity contribution in [3.05, 3.63) is 93.6 Å². The van der Waals surface area contributed by atoms with Crippen molar-refractivity contribution in [2.45, 2.75) is 20.5 Å². The van der Waals surface area contributed by atoms with Crippen LogP contribution in [0.3, 0.4) is 0 Å². The number of ether oxygens (including phenoxy) is 2. The topological polar surface area (TPSA) is 110 Å². The van der Waals surface area contributed by atoms with Crippen LogP contribution in [0.4, 0.5) is 16.2 Å². The SMILES string of the molecule is CCOC(=O)c1ccc(NC(=O)NCC(=O)N(C)c2ccc(Cl)c(COc3cc4ccccc4nc3C)c2Cl)cc1. The van der Waals surface area contributed by atoms with E-state index in [1.165, 1.54) is 17.0 Å². The van der Waals surface area contributed by atoms with Gasteiger partial charge < -0.3 is 25.0 Å². The highest BCUT2D eigenvalue weighted by Crippen LogP contribution is 2.35. The molecule has 0 unspecified atom stereocenters. The van der Waals surface area contributed by atoms with Crippen molar-refractivity contribution in [2.75, 3.05) is 30.4 Å². The van der Waals surface area contributed by atoms with Crippen LogP contribution in [0.15, 0.2) is 66.7 Å². The molecule has 0 saturated carbocycles. The van der Waals surface area contributed by atoms with Gasteiger partial charge in [-0.1, -0.05) is 41.4 Å². The molecule has 0 aliphatic heterocycles. The van der Waals surface area contributed by atoms with Gasteiger partial charge >= 0.3 is 12.0 Å². The minimum absolute atomic E-state index is 0.0595. The van der Waals surface area contributed by atoms with E-state index in [9.17, 15) is 14.4 Å². The second-order valence-electron chi connectivity index (χ2n) is 8.97. The lowest BCUT2D eigenvalue weighted by molar-refractivity contribution is -0.117. The lowest BCUT2D eigenvalue weighted by Crippen LogP contribution is -2.40. The van der Waals surface area contributed by atoms with Gasteiger partial charge in [0.25, 0.3) is 0 Å². The maximum Gasteiger partial charge on any atom is 0.338 e. The number of pyridine rings is 1. The van der Waals surface area contributed by atoms with Crippen LogP contribution < -0.4 is 20.3 Å². The average Bonchev–Trinajstić information content (AvgIpc) is 2.96. The Bertz CT molecular complexity index is 1590. The molecule has 11 heteroatoms. The number of nitrogens with one attached hydrogen (secondary N) is 2. The Morgan fingerprint density at radius 3 is 2.46 bits per heavy atom. The van der Waals surface area contributed by atoms with Crippen molar-refractivity contribution >= 4 is 63.4 Å². The molecule has 0 bridgehead atoms. The van der Waals surface area contributed by atoms with E-state index in [0.717, 1.165) is 16.6 Å². The second-order valence-corrected chi connectivity index (χ2v) is 9.76. The summed E-state index contributed by atoms with van der Waals surface area (Å²) in [4.78, 5) is 42.9. The first kappa shape index (κ1) is 29.6. The number of amides is 3. The van der Waals surface area contributed by atoms with E-state index in [2.05, 4.69) is 15.6 Å². The summed E-state index contributed by atoms with van der Waals surface area (Å²) in [7, 11) is 1.55. The molecule has 1 heterocycles. The molecule has 0 aliphatic rings. The maximum atomic E-state index is 12.9. The fourth-order valence-electron chi connectivity index (χ4n) is 3.95. The largest absolute Gasteiger partial charge is 0.487 e. The van der Waals surface area contributed by atoms with Gasteiger partial charge in [-0.05, 0) is 62.4 Å². The molecule has 2 N–H and O–H groups in total. The van der Waals surface area contributed by atoms with Gasteiger partial charge in [-0.25, -0.2) is 14.6 Å². The van der Waals surface area contributed by atoms with Crippen molar-refractivity contribution in [3.63, 3.8) is 0 Å². The Morgan fingerprint density at radius 2 is 1.73 bits per heavy atom. The Labute approximate surface area is 247 Å². The molecule has 0 spiro atoms. The number of fused-ring (bicyclic) bond motifs is 1. The molecule has 4 rings (SSSR count). The van der Waals surface area contributed by atoms with Crippen molar-refractivity contribution in [2.24, 2.45) is 0 Å². The molecule has 0 atom stereocenters. The zero-order chi connectivity index (χ0) is 29.5. The zero-order valence-corrected chi connectivity index (χ0v) is 24.2. The number of hydrogen-bond acceptors (Lipinski definition) is 6. The van der Waals surface area contributed by atoms with Crippen LogP contribution in [0.2, 0.25) is 10.0 Å². The molecule has 212 valence electrons. The first-order chi connectivity index (χ1) is 19.7. The summed E-state index contributed by atoms with van der Waals surface area (Å²) in [5, 5.41) is 6.71. The number of para-hydroxylation sites is 1. The Hall–Kier alpha value is -4.34. The lowest BCUT2D eigenvalue weighted by Gasteiger charge is -2.21. The number of nitrogens with zero attached hydrogens (tertiary/aromatic N) is 2. The molecule has 3 aromatic carbocycles. The molecule has 4 aromatic rings. The number of halogens is 2. The zero-order valence-electron chi connectivity index (χ0n) is 22.7. The number of aryl methyl sites for hydroxylation is 1. The van der Waals surface area contributed by atoms with Crippen molar-refractivity contribution < 1.29 is 23.9 Å². The quantitative estimate of drug-likeness (QED) is 0.217. The van der Waals surface area contributed by atoms with Gasteiger partial charge in [0.2, 0.25) is 5.91 Å². The summed E-state index contributed by atoms with van der Waals surface area (Å²) >= 11 is 13.1. The molecule has 3 amide bonds. The molecule has 9 nitrogen and oxygen atoms in total. The van der Waals surface area contributed by atoms with Crippen molar-refractivity contribution in [1.82, 2.24) is 10.3 Å². The van der Waals surface area contributed by atoms with E-state index in [-0.39, 0.29) is 24.8 Å². The van der Waals surface area contributed by atoms with E-state index < -0.39 is 17.9 Å². The number of hydrogen-bond donors (Lipinski definition) is 2. The Morgan fingerprint density at radius 1 is 1.00 bits per heavy atom. The molecular formula is C30H28Cl2N4O5. The van der Waals surface area contributed by atoms with Gasteiger partial charge in [0.15, 0.2) is 0 Å². The van der Waals surface area contributed by atoms with Crippen LogP contribution in [0.25, 0.3) is 10.9 Å². The number of aromatic nitrogens is 1. The normalized spacial score (nSPS) is 10.7. The monoisotopic (exact) mass is 594 g/mol. The van der Waals surface area contributed by atoms with Gasteiger partial charge in [-0.15, -0.1) is 0 Å². The smallest absolute Gasteiger partial charge is 0.338 e. The minimum Gasteiger partial charge on any atom is -0.487 e. The standard InChI is InChI=1S/C30H28Cl2N4O5/c1-4-40-29(38)19-9-11-21(12-10-19)35-30(39)33-16-27(37)36(3)25-14-13-23(31)22(28(25)32)17-41-26-15-20-7-5-6-8-24(20)34-18(26)2/h5-15H,4,16-17H2,1-3H3,(H2,33,35,39). The van der Waals surface area contributed by atoms with Crippen molar-refractivity contribution in [3.8, 4) is 5.75 Å². The highest BCUT2D eigenvalue weighted by molar-refractivity contribution is 6.38. The van der Waals surface area contributed by atoms with Gasteiger partial charge in [-0.2, -0.15) is 0 Å². The lowest BCUT2D eigenvalue weighted by atomic mass is 10.1. The second kappa shape index (κ2) is 13.3. The maximum absolute atomic E-state index is 12.9. The highest BCUT2D eigenvalue weighted by atomic mass is 35.5. The highest BCUT2D eigenvalue weighted by Gasteiger charge is 2.20. The number of rotatable bonds is 9. The average molecular weight is 595 g/mol. The predicted octanol–water partition coefficient (Wildman–Crippen LogP) is 6.39. The first-order valence-corrected chi connectivity index (χ1v) is 13.5. The molecule has 0 fully saturated rings. The van der Waals surface area contributed by atoms with E-state index in [4.69, 9.17) is 32.7 Å². The molecule has 0 aliphatic carbocycles. The van der Waals surface area contributed by atoms with Crippen LogP contribution in [0.1, 0.15) is 28.5 Å². The third-order valence-corrected chi connectivity index (χ3v) is 6.97. The van der Waals surface area contributed by atoms with Crippen LogP contribution in [0, 0.1) is 6.92 Å². The Balaban J connectivity index is 1.37. The van der Waals surface area contributed by atoms with E-state index in [1.807, 2.05) is 37.3 Å². The molecule has 1 aromatic heterocycles. The summed E-state index contributed by atoms with van der Waals surface area (Å²) in [5.74, 6) is -0.270. The number of likely N-dealkylation sites (N-methyl/N-ethyl adjacent to an activating group) is 1. The summed E-state index contributed by atoms with van der Waals surface area (Å²) < 4.78 is 11.0. The van der Waals surface area contributed by atoms with Gasteiger partial charge in [0.1, 0.15) is 12.4 Å². The van der Waals surface area contributed by atoms with Gasteiger partial charge in [0.05, 0.1) is 40.6 Å². The van der Waals surface area contributed by atoms with Crippen LogP contribution >= 0.6 is 23.2 Å². The number of esters is 1. The fourth-order valence-corrected chi connectivity index (χ4v) is 4.56. The number of anilines is 2. The van der Waals surface area contributed by atoms with Crippen LogP contribution in [-0.2, 0) is 16.1 Å². The molecular weight excluding hydrogens is 567 g/mol. The van der Waals surface area contributed by atoms with Crippen LogP contribution in [0.5, 0.6) is 5.75 Å². The third kappa shape index (κ3) is 7.25. The van der Waals surface area contributed by atoms with Gasteiger partial charge in [0, 0.05) is 28.7 Å². The van der Waals surface area contributed by atoms with E-state index in [0.29, 0.717) is 33.3 Å². The first-order valence-electron chi connectivity index (χ1n) is 12.7. The summed E-state index contributed by atoms with van der Waals surface area (Å²) in [5.41, 5.74) is 3.31. The summed E-state index contributed by atoms with van der Waals surface area (Å²) in [6.45, 7) is 3.61. The van der Waals surface area contributed by atoms with Crippen LogP contribution in [-0.4, -0.2) is 43.1 Å². The number of urea groups is 1. The van der Waals surface area contributed by atoms with Gasteiger partial charge in [-0.3, -0.25) is 4.79 Å². The third-order valence-electron chi connectivity index (χ3n) is 6.20. The predicted molar refractivity (Wildman–Crippen MR) is 160 cm³/mol. The minimum atomic E-state index is -0.591. The number of benzene rings is 3. The molecule has 41 heavy (non-hydrogen) atoms. The molecule has 0 radical (unpaired) electrons. The van der Waals surface area contributed by atoms with E-state index >= 15 is 0 Å². The van der Waals surface area contributed by atoms with E-state index in [1.54, 1.807) is 38.2 Å². The Kier molecular flexibility index (Phi) is 9.65. The fraction of sp³-hybridized carbons (Fsp3) is 0.200. The summed E-state index contributed by atoms with van der Waals surface area (Å²) in [6, 6.07) is 18.5. The van der Waals surface area contributed by atoms with Crippen molar-refractivity contribution in [1.29, 1.82) is 0 Å². The number of carbonyl (C=O) groups is 3.